The van der Waals surface area contributed by atoms with E-state index in [9.17, 15) is 9.59 Å². The minimum Gasteiger partial charge on any atom is -0.486 e. The molecule has 3 N–H and O–H groups in total. The minimum absolute atomic E-state index is 0.428. The normalized spacial score (nSPS) is 14.6. The predicted molar refractivity (Wildman–Crippen MR) is 76.1 cm³/mol. The van der Waals surface area contributed by atoms with Crippen molar-refractivity contribution in [2.45, 2.75) is 19.5 Å². The van der Waals surface area contributed by atoms with Gasteiger partial charge in [-0.2, -0.15) is 0 Å². The van der Waals surface area contributed by atoms with E-state index in [1.807, 2.05) is 23.1 Å². The van der Waals surface area contributed by atoms with Gasteiger partial charge in [0.15, 0.2) is 11.5 Å². The molecule has 1 atom stereocenters. The van der Waals surface area contributed by atoms with Crippen LogP contribution in [0, 0.1) is 0 Å². The summed E-state index contributed by atoms with van der Waals surface area (Å²) in [5, 5.41) is 2.07. The molecule has 0 fully saturated rings. The third kappa shape index (κ3) is 3.85. The number of nitrogens with zero attached hydrogens (tertiary/aromatic N) is 1. The van der Waals surface area contributed by atoms with E-state index in [0.29, 0.717) is 25.5 Å². The van der Waals surface area contributed by atoms with E-state index < -0.39 is 18.0 Å². The van der Waals surface area contributed by atoms with Gasteiger partial charge in [-0.3, -0.25) is 15.0 Å². The third-order valence-corrected chi connectivity index (χ3v) is 3.33. The Bertz CT molecular complexity index is 547. The summed E-state index contributed by atoms with van der Waals surface area (Å²) in [6, 6.07) is 4.34. The molecule has 1 aromatic rings. The Hall–Kier alpha value is -2.28. The van der Waals surface area contributed by atoms with Crippen LogP contribution < -0.4 is 20.5 Å². The number of hydrogen-bond acceptors (Lipinski definition) is 5. The predicted octanol–water partition coefficient (Wildman–Crippen LogP) is 0.473. The van der Waals surface area contributed by atoms with Gasteiger partial charge in [0.1, 0.15) is 13.2 Å². The van der Waals surface area contributed by atoms with Crippen molar-refractivity contribution >= 4 is 11.9 Å². The van der Waals surface area contributed by atoms with Crippen LogP contribution in [0.15, 0.2) is 18.2 Å². The molecule has 7 nitrogen and oxygen atoms in total. The molecule has 2 rings (SSSR count). The van der Waals surface area contributed by atoms with Gasteiger partial charge in [0.05, 0.1) is 6.04 Å². The first-order chi connectivity index (χ1) is 9.97. The molecule has 0 bridgehead atoms. The molecule has 7 heteroatoms. The summed E-state index contributed by atoms with van der Waals surface area (Å²) in [6.45, 7) is 3.32. The van der Waals surface area contributed by atoms with Gasteiger partial charge in [-0.1, -0.05) is 6.07 Å². The second kappa shape index (κ2) is 6.45. The summed E-state index contributed by atoms with van der Waals surface area (Å²) < 4.78 is 11.0. The molecule has 1 aliphatic heterocycles. The third-order valence-electron chi connectivity index (χ3n) is 3.33. The average Bonchev–Trinajstić information content (AvgIpc) is 2.45. The Morgan fingerprint density at radius 3 is 2.67 bits per heavy atom. The van der Waals surface area contributed by atoms with Crippen LogP contribution in [-0.4, -0.2) is 43.1 Å². The lowest BCUT2D eigenvalue weighted by Crippen LogP contribution is -2.46. The maximum Gasteiger partial charge on any atom is 0.318 e. The molecule has 3 amide bonds. The molecule has 0 aromatic heterocycles. The first-order valence-electron chi connectivity index (χ1n) is 6.66. The summed E-state index contributed by atoms with van der Waals surface area (Å²) >= 11 is 0. The van der Waals surface area contributed by atoms with Crippen LogP contribution in [0.5, 0.6) is 11.5 Å². The minimum atomic E-state index is -0.848. The zero-order chi connectivity index (χ0) is 15.4. The lowest BCUT2D eigenvalue weighted by Gasteiger charge is -2.24. The van der Waals surface area contributed by atoms with E-state index in [1.54, 1.807) is 14.0 Å². The van der Waals surface area contributed by atoms with Gasteiger partial charge in [-0.15, -0.1) is 0 Å². The average molecular weight is 293 g/mol. The topological polar surface area (TPSA) is 93.9 Å². The van der Waals surface area contributed by atoms with E-state index in [-0.39, 0.29) is 0 Å². The molecule has 1 heterocycles. The van der Waals surface area contributed by atoms with Crippen molar-refractivity contribution in [1.82, 2.24) is 10.2 Å². The summed E-state index contributed by atoms with van der Waals surface area (Å²) in [6.07, 6.45) is 0. The molecule has 0 spiro atoms. The Morgan fingerprint density at radius 1 is 1.33 bits per heavy atom. The number of carbonyl (C=O) groups excluding carboxylic acids is 2. The van der Waals surface area contributed by atoms with Gasteiger partial charge in [0.2, 0.25) is 5.91 Å². The van der Waals surface area contributed by atoms with Gasteiger partial charge >= 0.3 is 6.03 Å². The Labute approximate surface area is 123 Å². The number of benzene rings is 1. The SMILES string of the molecule is CC(C(=O)NC(N)=O)N(C)Cc1ccc2c(c1)OCCO2. The van der Waals surface area contributed by atoms with Crippen molar-refractivity contribution in [2.75, 3.05) is 20.3 Å². The second-order valence-electron chi connectivity index (χ2n) is 4.92. The highest BCUT2D eigenvalue weighted by atomic mass is 16.6. The number of nitrogens with one attached hydrogen (secondary N) is 1. The van der Waals surface area contributed by atoms with Crippen molar-refractivity contribution in [3.8, 4) is 11.5 Å². The van der Waals surface area contributed by atoms with Crippen LogP contribution in [0.3, 0.4) is 0 Å². The highest BCUT2D eigenvalue weighted by molar-refractivity contribution is 5.96. The van der Waals surface area contributed by atoms with Crippen LogP contribution in [0.4, 0.5) is 4.79 Å². The number of urea groups is 1. The van der Waals surface area contributed by atoms with Crippen LogP contribution in [0.1, 0.15) is 12.5 Å². The zero-order valence-electron chi connectivity index (χ0n) is 12.1. The second-order valence-corrected chi connectivity index (χ2v) is 4.92. The molecule has 21 heavy (non-hydrogen) atoms. The van der Waals surface area contributed by atoms with E-state index in [2.05, 4.69) is 5.32 Å². The lowest BCUT2D eigenvalue weighted by atomic mass is 10.1. The highest BCUT2D eigenvalue weighted by Crippen LogP contribution is 2.31. The number of carbonyl (C=O) groups is 2. The Balaban J connectivity index is 2.00. The molecule has 0 aliphatic carbocycles. The number of rotatable bonds is 4. The van der Waals surface area contributed by atoms with E-state index in [1.165, 1.54) is 0 Å². The number of fused-ring (bicyclic) bond motifs is 1. The highest BCUT2D eigenvalue weighted by Gasteiger charge is 2.20. The molecule has 114 valence electrons. The monoisotopic (exact) mass is 293 g/mol. The summed E-state index contributed by atoms with van der Waals surface area (Å²) in [5.74, 6) is 1.01. The first kappa shape index (κ1) is 15.1. The quantitative estimate of drug-likeness (QED) is 0.841. The van der Waals surface area contributed by atoms with Crippen LogP contribution >= 0.6 is 0 Å². The number of imide groups is 1. The molecule has 1 aromatic carbocycles. The lowest BCUT2D eigenvalue weighted by molar-refractivity contribution is -0.124. The van der Waals surface area contributed by atoms with Crippen molar-refractivity contribution in [3.63, 3.8) is 0 Å². The fraction of sp³-hybridized carbons (Fsp3) is 0.429. The van der Waals surface area contributed by atoms with Crippen molar-refractivity contribution in [2.24, 2.45) is 5.73 Å². The molecular formula is C14H19N3O4. The molecule has 0 saturated carbocycles. The maximum atomic E-state index is 11.7. The molecule has 1 aliphatic rings. The first-order valence-corrected chi connectivity index (χ1v) is 6.66. The summed E-state index contributed by atoms with van der Waals surface area (Å²) in [7, 11) is 1.79. The van der Waals surface area contributed by atoms with E-state index in [4.69, 9.17) is 15.2 Å². The van der Waals surface area contributed by atoms with Gasteiger partial charge in [-0.05, 0) is 31.7 Å². The number of nitrogens with two attached hydrogens (primary N) is 1. The van der Waals surface area contributed by atoms with Gasteiger partial charge in [0, 0.05) is 6.54 Å². The molecule has 0 radical (unpaired) electrons. The number of hydrogen-bond donors (Lipinski definition) is 2. The Kier molecular flexibility index (Phi) is 4.64. The number of likely N-dealkylation sites (N-methyl/N-ethyl adjacent to an activating group) is 1. The Morgan fingerprint density at radius 2 is 2.00 bits per heavy atom. The summed E-state index contributed by atoms with van der Waals surface area (Å²) in [5.41, 5.74) is 5.93. The number of primary amides is 1. The van der Waals surface area contributed by atoms with Crippen molar-refractivity contribution in [1.29, 1.82) is 0 Å². The number of amides is 3. The van der Waals surface area contributed by atoms with Gasteiger partial charge in [0.25, 0.3) is 0 Å². The summed E-state index contributed by atoms with van der Waals surface area (Å²) in [4.78, 5) is 24.2. The largest absolute Gasteiger partial charge is 0.486 e. The van der Waals surface area contributed by atoms with Crippen molar-refractivity contribution in [3.05, 3.63) is 23.8 Å². The van der Waals surface area contributed by atoms with Crippen LogP contribution in [-0.2, 0) is 11.3 Å². The fourth-order valence-corrected chi connectivity index (χ4v) is 2.04. The van der Waals surface area contributed by atoms with Crippen LogP contribution in [0.25, 0.3) is 0 Å². The number of ether oxygens (including phenoxy) is 2. The molecule has 1 unspecified atom stereocenters. The van der Waals surface area contributed by atoms with Crippen LogP contribution in [0.2, 0.25) is 0 Å². The zero-order valence-corrected chi connectivity index (χ0v) is 12.1. The van der Waals surface area contributed by atoms with E-state index in [0.717, 1.165) is 11.3 Å². The molecule has 0 saturated heterocycles. The van der Waals surface area contributed by atoms with Gasteiger partial charge < -0.3 is 15.2 Å². The van der Waals surface area contributed by atoms with Crippen molar-refractivity contribution < 1.29 is 19.1 Å². The maximum absolute atomic E-state index is 11.7. The van der Waals surface area contributed by atoms with Gasteiger partial charge in [-0.25, -0.2) is 4.79 Å². The van der Waals surface area contributed by atoms with E-state index >= 15 is 0 Å². The standard InChI is InChI=1S/C14H19N3O4/c1-9(13(18)16-14(15)19)17(2)8-10-3-4-11-12(7-10)21-6-5-20-11/h3-4,7,9H,5-6,8H2,1-2H3,(H3,15,16,18,19). The fourth-order valence-electron chi connectivity index (χ4n) is 2.04. The molecular weight excluding hydrogens is 274 g/mol. The smallest absolute Gasteiger partial charge is 0.318 e.